The SMILES string of the molecule is COc1ccc(CC(C#N)C(=O)N(C)C)cc1. The van der Waals surface area contributed by atoms with Crippen molar-refractivity contribution in [2.45, 2.75) is 6.42 Å². The van der Waals surface area contributed by atoms with Crippen molar-refractivity contribution < 1.29 is 9.53 Å². The summed E-state index contributed by atoms with van der Waals surface area (Å²) >= 11 is 0. The average Bonchev–Trinajstić information content (AvgIpc) is 2.35. The summed E-state index contributed by atoms with van der Waals surface area (Å²) in [5.74, 6) is -0.0251. The van der Waals surface area contributed by atoms with Gasteiger partial charge in [0.05, 0.1) is 13.2 Å². The first-order valence-corrected chi connectivity index (χ1v) is 5.32. The second kappa shape index (κ2) is 5.90. The van der Waals surface area contributed by atoms with E-state index in [9.17, 15) is 4.79 Å². The maximum Gasteiger partial charge on any atom is 0.239 e. The molecule has 0 aliphatic heterocycles. The molecule has 0 aromatic heterocycles. The van der Waals surface area contributed by atoms with Crippen molar-refractivity contribution in [3.63, 3.8) is 0 Å². The molecule has 1 atom stereocenters. The Morgan fingerprint density at radius 3 is 2.41 bits per heavy atom. The Morgan fingerprint density at radius 1 is 1.41 bits per heavy atom. The Kier molecular flexibility index (Phi) is 4.53. The summed E-state index contributed by atoms with van der Waals surface area (Å²) < 4.78 is 5.05. The topological polar surface area (TPSA) is 53.3 Å². The number of nitrogens with zero attached hydrogens (tertiary/aromatic N) is 2. The number of hydrogen-bond donors (Lipinski definition) is 0. The van der Waals surface area contributed by atoms with Crippen LogP contribution in [0.5, 0.6) is 5.75 Å². The zero-order valence-electron chi connectivity index (χ0n) is 10.3. The Morgan fingerprint density at radius 2 is 2.00 bits per heavy atom. The van der Waals surface area contributed by atoms with Gasteiger partial charge in [-0.2, -0.15) is 5.26 Å². The van der Waals surface area contributed by atoms with Crippen LogP contribution < -0.4 is 4.74 Å². The Balaban J connectivity index is 2.74. The van der Waals surface area contributed by atoms with E-state index in [1.807, 2.05) is 30.3 Å². The van der Waals surface area contributed by atoms with Crippen LogP contribution in [0.4, 0.5) is 0 Å². The van der Waals surface area contributed by atoms with E-state index < -0.39 is 5.92 Å². The fraction of sp³-hybridized carbons (Fsp3) is 0.385. The van der Waals surface area contributed by atoms with Crippen molar-refractivity contribution in [2.24, 2.45) is 5.92 Å². The lowest BCUT2D eigenvalue weighted by molar-refractivity contribution is -0.131. The van der Waals surface area contributed by atoms with Crippen LogP contribution in [0.25, 0.3) is 0 Å². The molecule has 1 aromatic rings. The summed E-state index contributed by atoms with van der Waals surface area (Å²) in [4.78, 5) is 13.1. The lowest BCUT2D eigenvalue weighted by Gasteiger charge is -2.14. The minimum atomic E-state index is -0.626. The van der Waals surface area contributed by atoms with Gasteiger partial charge < -0.3 is 9.64 Å². The standard InChI is InChI=1S/C13H16N2O2/c1-15(2)13(16)11(9-14)8-10-4-6-12(17-3)7-5-10/h4-7,11H,8H2,1-3H3. The summed E-state index contributed by atoms with van der Waals surface area (Å²) in [6, 6.07) is 9.42. The predicted octanol–water partition coefficient (Wildman–Crippen LogP) is 1.47. The normalized spacial score (nSPS) is 11.4. The molecule has 90 valence electrons. The highest BCUT2D eigenvalue weighted by molar-refractivity contribution is 5.81. The molecule has 1 unspecified atom stereocenters. The third-order valence-corrected chi connectivity index (χ3v) is 2.49. The van der Waals surface area contributed by atoms with Gasteiger partial charge in [0.2, 0.25) is 5.91 Å². The molecule has 0 aliphatic carbocycles. The van der Waals surface area contributed by atoms with Crippen LogP contribution in [0, 0.1) is 17.2 Å². The number of rotatable bonds is 4. The van der Waals surface area contributed by atoms with E-state index in [1.54, 1.807) is 21.2 Å². The van der Waals surface area contributed by atoms with E-state index in [4.69, 9.17) is 10.00 Å². The molecule has 0 spiro atoms. The van der Waals surface area contributed by atoms with Crippen molar-refractivity contribution in [1.82, 2.24) is 4.90 Å². The molecule has 1 amide bonds. The van der Waals surface area contributed by atoms with Crippen molar-refractivity contribution >= 4 is 5.91 Å². The number of hydrogen-bond acceptors (Lipinski definition) is 3. The van der Waals surface area contributed by atoms with Crippen molar-refractivity contribution in [2.75, 3.05) is 21.2 Å². The van der Waals surface area contributed by atoms with E-state index in [-0.39, 0.29) is 5.91 Å². The van der Waals surface area contributed by atoms with Crippen LogP contribution in [0.2, 0.25) is 0 Å². The fourth-order valence-electron chi connectivity index (χ4n) is 1.50. The van der Waals surface area contributed by atoms with E-state index in [1.165, 1.54) is 4.90 Å². The predicted molar refractivity (Wildman–Crippen MR) is 64.5 cm³/mol. The number of ether oxygens (including phenoxy) is 1. The highest BCUT2D eigenvalue weighted by Crippen LogP contribution is 2.15. The number of carbonyl (C=O) groups excluding carboxylic acids is 1. The molecule has 0 heterocycles. The average molecular weight is 232 g/mol. The first-order chi connectivity index (χ1) is 8.08. The lowest BCUT2D eigenvalue weighted by Crippen LogP contribution is -2.30. The summed E-state index contributed by atoms with van der Waals surface area (Å²) in [7, 11) is 4.91. The summed E-state index contributed by atoms with van der Waals surface area (Å²) in [5, 5.41) is 8.99. The van der Waals surface area contributed by atoms with Gasteiger partial charge in [-0.3, -0.25) is 4.79 Å². The Labute approximate surface area is 101 Å². The molecule has 0 aliphatic rings. The number of amides is 1. The van der Waals surface area contributed by atoms with Crippen LogP contribution in [0.15, 0.2) is 24.3 Å². The lowest BCUT2D eigenvalue weighted by atomic mass is 9.99. The number of nitriles is 1. The van der Waals surface area contributed by atoms with Gasteiger partial charge in [0.15, 0.2) is 0 Å². The van der Waals surface area contributed by atoms with Crippen molar-refractivity contribution in [1.29, 1.82) is 5.26 Å². The monoisotopic (exact) mass is 232 g/mol. The molecule has 0 bridgehead atoms. The number of carbonyl (C=O) groups is 1. The number of methoxy groups -OCH3 is 1. The molecule has 17 heavy (non-hydrogen) atoms. The molecule has 4 heteroatoms. The second-order valence-corrected chi connectivity index (χ2v) is 3.97. The molecule has 0 saturated carbocycles. The number of benzene rings is 1. The molecular formula is C13H16N2O2. The van der Waals surface area contributed by atoms with Gasteiger partial charge in [0, 0.05) is 14.1 Å². The Bertz CT molecular complexity index is 418. The molecule has 4 nitrogen and oxygen atoms in total. The third-order valence-electron chi connectivity index (χ3n) is 2.49. The highest BCUT2D eigenvalue weighted by Gasteiger charge is 2.19. The fourth-order valence-corrected chi connectivity index (χ4v) is 1.50. The van der Waals surface area contributed by atoms with Crippen LogP contribution >= 0.6 is 0 Å². The van der Waals surface area contributed by atoms with Crippen molar-refractivity contribution in [3.8, 4) is 11.8 Å². The van der Waals surface area contributed by atoms with Gasteiger partial charge in [0.25, 0.3) is 0 Å². The van der Waals surface area contributed by atoms with E-state index >= 15 is 0 Å². The van der Waals surface area contributed by atoms with Crippen LogP contribution in [-0.4, -0.2) is 32.0 Å². The largest absolute Gasteiger partial charge is 0.497 e. The highest BCUT2D eigenvalue weighted by atomic mass is 16.5. The van der Waals surface area contributed by atoms with Gasteiger partial charge in [-0.15, -0.1) is 0 Å². The molecule has 0 radical (unpaired) electrons. The minimum absolute atomic E-state index is 0.164. The van der Waals surface area contributed by atoms with E-state index in [0.29, 0.717) is 6.42 Å². The van der Waals surface area contributed by atoms with Gasteiger partial charge in [-0.05, 0) is 24.1 Å². The smallest absolute Gasteiger partial charge is 0.239 e. The van der Waals surface area contributed by atoms with Crippen LogP contribution in [-0.2, 0) is 11.2 Å². The molecular weight excluding hydrogens is 216 g/mol. The summed E-state index contributed by atoms with van der Waals surface area (Å²) in [5.41, 5.74) is 0.951. The van der Waals surface area contributed by atoms with E-state index in [2.05, 4.69) is 0 Å². The third kappa shape index (κ3) is 3.49. The Hall–Kier alpha value is -2.02. The quantitative estimate of drug-likeness (QED) is 0.789. The minimum Gasteiger partial charge on any atom is -0.497 e. The maximum atomic E-state index is 11.7. The van der Waals surface area contributed by atoms with Gasteiger partial charge in [-0.25, -0.2) is 0 Å². The molecule has 0 fully saturated rings. The first-order valence-electron chi connectivity index (χ1n) is 5.32. The zero-order valence-corrected chi connectivity index (χ0v) is 10.3. The molecule has 1 aromatic carbocycles. The van der Waals surface area contributed by atoms with E-state index in [0.717, 1.165) is 11.3 Å². The van der Waals surface area contributed by atoms with Crippen LogP contribution in [0.3, 0.4) is 0 Å². The van der Waals surface area contributed by atoms with Crippen molar-refractivity contribution in [3.05, 3.63) is 29.8 Å². The van der Waals surface area contributed by atoms with Crippen LogP contribution in [0.1, 0.15) is 5.56 Å². The first kappa shape index (κ1) is 13.0. The second-order valence-electron chi connectivity index (χ2n) is 3.97. The van der Waals surface area contributed by atoms with Gasteiger partial charge in [0.1, 0.15) is 11.7 Å². The van der Waals surface area contributed by atoms with Gasteiger partial charge >= 0.3 is 0 Å². The molecule has 0 N–H and O–H groups in total. The molecule has 0 saturated heterocycles. The summed E-state index contributed by atoms with van der Waals surface area (Å²) in [6.45, 7) is 0. The summed E-state index contributed by atoms with van der Waals surface area (Å²) in [6.07, 6.45) is 0.428. The zero-order chi connectivity index (χ0) is 12.8. The molecule has 1 rings (SSSR count). The maximum absolute atomic E-state index is 11.7. The van der Waals surface area contributed by atoms with Gasteiger partial charge in [-0.1, -0.05) is 12.1 Å².